The maximum Gasteiger partial charge on any atom is 0.0562 e. The molecule has 0 radical (unpaired) electrons. The van der Waals surface area contributed by atoms with Crippen LogP contribution in [0.15, 0.2) is 194 Å². The standard InChI is InChI=1S/C48H32N2/c1-3-16-33(17-4-1)37-22-11-13-26-42(37)50(46-32-35-19-8-10-24-39(35)47-38-23-9-7-18-34(38)30-31-41(46)47)45-29-15-28-44-48(45)40-25-12-14-27-43(40)49(44)36-20-5-2-6-21-36/h1-32H. The maximum absolute atomic E-state index is 2.52. The molecule has 0 amide bonds. The molecule has 0 spiro atoms. The van der Waals surface area contributed by atoms with Crippen molar-refractivity contribution in [2.45, 2.75) is 0 Å². The van der Waals surface area contributed by atoms with Crippen LogP contribution in [0, 0.1) is 0 Å². The van der Waals surface area contributed by atoms with Gasteiger partial charge in [0.2, 0.25) is 0 Å². The van der Waals surface area contributed by atoms with Gasteiger partial charge in [-0.05, 0) is 75.0 Å². The normalized spacial score (nSPS) is 11.6. The first-order valence-electron chi connectivity index (χ1n) is 17.2. The van der Waals surface area contributed by atoms with Crippen molar-refractivity contribution >= 4 is 71.2 Å². The molecule has 0 saturated carbocycles. The van der Waals surface area contributed by atoms with E-state index in [0.717, 1.165) is 22.7 Å². The minimum absolute atomic E-state index is 1.13. The lowest BCUT2D eigenvalue weighted by molar-refractivity contribution is 1.18. The molecule has 10 rings (SSSR count). The Labute approximate surface area is 290 Å². The van der Waals surface area contributed by atoms with Gasteiger partial charge in [0, 0.05) is 27.4 Å². The zero-order valence-corrected chi connectivity index (χ0v) is 27.4. The molecule has 1 heterocycles. The molecule has 0 unspecified atom stereocenters. The highest BCUT2D eigenvalue weighted by molar-refractivity contribution is 6.26. The Morgan fingerprint density at radius 1 is 0.340 bits per heavy atom. The van der Waals surface area contributed by atoms with Crippen molar-refractivity contribution in [3.63, 3.8) is 0 Å². The molecule has 10 aromatic rings. The third-order valence-electron chi connectivity index (χ3n) is 10.1. The second-order valence-electron chi connectivity index (χ2n) is 12.9. The average molecular weight is 637 g/mol. The Kier molecular flexibility index (Phi) is 6.53. The molecule has 9 aromatic carbocycles. The van der Waals surface area contributed by atoms with Crippen LogP contribution in [0.5, 0.6) is 0 Å². The maximum atomic E-state index is 2.52. The SMILES string of the molecule is c1ccc(-c2ccccc2N(c2cc3ccccc3c3c2ccc2ccccc23)c2cccc3c2c2ccccc2n3-c2ccccc2)cc1. The van der Waals surface area contributed by atoms with E-state index in [1.54, 1.807) is 0 Å². The number of nitrogens with zero attached hydrogens (tertiary/aromatic N) is 2. The van der Waals surface area contributed by atoms with Gasteiger partial charge in [-0.15, -0.1) is 0 Å². The van der Waals surface area contributed by atoms with Gasteiger partial charge >= 0.3 is 0 Å². The van der Waals surface area contributed by atoms with Gasteiger partial charge in [-0.1, -0.05) is 152 Å². The summed E-state index contributed by atoms with van der Waals surface area (Å²) in [5, 5.41) is 9.92. The molecule has 0 N–H and O–H groups in total. The zero-order valence-electron chi connectivity index (χ0n) is 27.4. The Balaban J connectivity index is 1.39. The molecule has 234 valence electrons. The molecule has 0 atom stereocenters. The van der Waals surface area contributed by atoms with Crippen molar-refractivity contribution in [2.24, 2.45) is 0 Å². The fourth-order valence-electron chi connectivity index (χ4n) is 8.00. The van der Waals surface area contributed by atoms with Crippen LogP contribution in [0.4, 0.5) is 17.1 Å². The molecule has 0 aliphatic carbocycles. The molecule has 0 bridgehead atoms. The van der Waals surface area contributed by atoms with Gasteiger partial charge < -0.3 is 9.47 Å². The molecular weight excluding hydrogens is 605 g/mol. The van der Waals surface area contributed by atoms with Gasteiger partial charge in [0.15, 0.2) is 0 Å². The van der Waals surface area contributed by atoms with Crippen LogP contribution in [0.1, 0.15) is 0 Å². The van der Waals surface area contributed by atoms with Crippen molar-refractivity contribution < 1.29 is 0 Å². The Morgan fingerprint density at radius 2 is 0.940 bits per heavy atom. The van der Waals surface area contributed by atoms with Crippen molar-refractivity contribution in [3.05, 3.63) is 194 Å². The largest absolute Gasteiger partial charge is 0.309 e. The van der Waals surface area contributed by atoms with Crippen LogP contribution < -0.4 is 4.90 Å². The Hall–Kier alpha value is -6.64. The topological polar surface area (TPSA) is 8.17 Å². The first-order chi connectivity index (χ1) is 24.8. The summed E-state index contributed by atoms with van der Waals surface area (Å²) >= 11 is 0. The third-order valence-corrected chi connectivity index (χ3v) is 10.1. The highest BCUT2D eigenvalue weighted by Gasteiger charge is 2.25. The lowest BCUT2D eigenvalue weighted by Crippen LogP contribution is -2.12. The quantitative estimate of drug-likeness (QED) is 0.171. The number of benzene rings is 9. The van der Waals surface area contributed by atoms with Crippen LogP contribution in [0.2, 0.25) is 0 Å². The van der Waals surface area contributed by atoms with Gasteiger partial charge in [0.05, 0.1) is 28.1 Å². The molecule has 0 aliphatic rings. The summed E-state index contributed by atoms with van der Waals surface area (Å²) in [6.45, 7) is 0. The first kappa shape index (κ1) is 28.4. The highest BCUT2D eigenvalue weighted by atomic mass is 15.2. The molecule has 2 heteroatoms. The van der Waals surface area contributed by atoms with Gasteiger partial charge in [-0.25, -0.2) is 0 Å². The van der Waals surface area contributed by atoms with E-state index in [9.17, 15) is 0 Å². The summed E-state index contributed by atoms with van der Waals surface area (Å²) in [6, 6.07) is 70.5. The van der Waals surface area contributed by atoms with Gasteiger partial charge in [-0.2, -0.15) is 0 Å². The average Bonchev–Trinajstić information content (AvgIpc) is 3.54. The van der Waals surface area contributed by atoms with Gasteiger partial charge in [0.1, 0.15) is 0 Å². The van der Waals surface area contributed by atoms with Crippen molar-refractivity contribution in [1.29, 1.82) is 0 Å². The monoisotopic (exact) mass is 636 g/mol. The fraction of sp³-hybridized carbons (Fsp3) is 0. The van der Waals surface area contributed by atoms with E-state index >= 15 is 0 Å². The van der Waals surface area contributed by atoms with E-state index < -0.39 is 0 Å². The summed E-state index contributed by atoms with van der Waals surface area (Å²) in [5.41, 5.74) is 9.29. The van der Waals surface area contributed by atoms with Crippen molar-refractivity contribution in [3.8, 4) is 16.8 Å². The first-order valence-corrected chi connectivity index (χ1v) is 17.2. The van der Waals surface area contributed by atoms with E-state index in [2.05, 4.69) is 204 Å². The summed E-state index contributed by atoms with van der Waals surface area (Å²) in [7, 11) is 0. The number of anilines is 3. The minimum Gasteiger partial charge on any atom is -0.309 e. The van der Waals surface area contributed by atoms with Crippen LogP contribution in [0.25, 0.3) is 70.9 Å². The predicted octanol–water partition coefficient (Wildman–Crippen LogP) is 13.4. The number of fused-ring (bicyclic) bond motifs is 8. The lowest BCUT2D eigenvalue weighted by Gasteiger charge is -2.30. The predicted molar refractivity (Wildman–Crippen MR) is 213 cm³/mol. The summed E-state index contributed by atoms with van der Waals surface area (Å²) in [5.74, 6) is 0. The summed E-state index contributed by atoms with van der Waals surface area (Å²) in [4.78, 5) is 2.52. The van der Waals surface area contributed by atoms with Crippen LogP contribution in [-0.4, -0.2) is 4.57 Å². The Bertz CT molecular complexity index is 2850. The van der Waals surface area contributed by atoms with E-state index in [0.29, 0.717) is 0 Å². The number of para-hydroxylation sites is 3. The highest BCUT2D eigenvalue weighted by Crippen LogP contribution is 2.49. The fourth-order valence-corrected chi connectivity index (χ4v) is 8.00. The Morgan fingerprint density at radius 3 is 1.76 bits per heavy atom. The second-order valence-corrected chi connectivity index (χ2v) is 12.9. The van der Waals surface area contributed by atoms with Crippen LogP contribution in [0.3, 0.4) is 0 Å². The van der Waals surface area contributed by atoms with Crippen LogP contribution in [-0.2, 0) is 0 Å². The smallest absolute Gasteiger partial charge is 0.0562 e. The number of hydrogen-bond acceptors (Lipinski definition) is 1. The zero-order chi connectivity index (χ0) is 33.0. The van der Waals surface area contributed by atoms with E-state index in [1.807, 2.05) is 0 Å². The van der Waals surface area contributed by atoms with Gasteiger partial charge in [-0.3, -0.25) is 0 Å². The lowest BCUT2D eigenvalue weighted by atomic mass is 9.93. The number of aromatic nitrogens is 1. The van der Waals surface area contributed by atoms with E-state index in [-0.39, 0.29) is 0 Å². The molecular formula is C48H32N2. The molecule has 0 fully saturated rings. The second kappa shape index (κ2) is 11.5. The minimum atomic E-state index is 1.13. The molecule has 1 aromatic heterocycles. The summed E-state index contributed by atoms with van der Waals surface area (Å²) < 4.78 is 2.40. The van der Waals surface area contributed by atoms with Gasteiger partial charge in [0.25, 0.3) is 0 Å². The molecule has 0 aliphatic heterocycles. The molecule has 2 nitrogen and oxygen atoms in total. The third kappa shape index (κ3) is 4.36. The summed E-state index contributed by atoms with van der Waals surface area (Å²) in [6.07, 6.45) is 0. The number of hydrogen-bond donors (Lipinski definition) is 0. The number of rotatable bonds is 5. The molecule has 0 saturated heterocycles. The van der Waals surface area contributed by atoms with Crippen molar-refractivity contribution in [1.82, 2.24) is 4.57 Å². The van der Waals surface area contributed by atoms with Crippen molar-refractivity contribution in [2.75, 3.05) is 4.90 Å². The molecule has 50 heavy (non-hydrogen) atoms. The van der Waals surface area contributed by atoms with E-state index in [4.69, 9.17) is 0 Å². The van der Waals surface area contributed by atoms with Crippen LogP contribution >= 0.6 is 0 Å². The van der Waals surface area contributed by atoms with E-state index in [1.165, 1.54) is 65.3 Å².